The molecule has 1 amide bonds. The van der Waals surface area contributed by atoms with Gasteiger partial charge >= 0.3 is 5.69 Å². The van der Waals surface area contributed by atoms with Crippen molar-refractivity contribution in [1.29, 1.82) is 0 Å². The Morgan fingerprint density at radius 2 is 2.11 bits per heavy atom. The van der Waals surface area contributed by atoms with Gasteiger partial charge in [-0.05, 0) is 25.0 Å². The van der Waals surface area contributed by atoms with Crippen molar-refractivity contribution >= 4 is 23.4 Å². The van der Waals surface area contributed by atoms with E-state index in [-0.39, 0.29) is 16.6 Å². The minimum atomic E-state index is -0.872. The number of amides is 1. The van der Waals surface area contributed by atoms with Crippen LogP contribution in [0.25, 0.3) is 0 Å². The van der Waals surface area contributed by atoms with Crippen LogP contribution in [0.4, 0.5) is 10.1 Å². The number of carbonyl (C=O) groups excluding carboxylic acids is 1. The van der Waals surface area contributed by atoms with Crippen LogP contribution in [0.15, 0.2) is 23.1 Å². The van der Waals surface area contributed by atoms with E-state index in [1.54, 1.807) is 4.90 Å². The highest BCUT2D eigenvalue weighted by atomic mass is 32.2. The van der Waals surface area contributed by atoms with Crippen molar-refractivity contribution in [1.82, 2.24) is 4.90 Å². The smallest absolute Gasteiger partial charge is 0.318 e. The van der Waals surface area contributed by atoms with Crippen molar-refractivity contribution in [2.24, 2.45) is 0 Å². The van der Waals surface area contributed by atoms with E-state index in [9.17, 15) is 19.3 Å². The molecule has 1 aromatic carbocycles. The fourth-order valence-corrected chi connectivity index (χ4v) is 2.93. The predicted octanol–water partition coefficient (Wildman–Crippen LogP) is 2.45. The van der Waals surface area contributed by atoms with Gasteiger partial charge in [-0.1, -0.05) is 6.07 Å². The molecular weight excluding hydrogens is 271 g/mol. The van der Waals surface area contributed by atoms with Gasteiger partial charge in [-0.2, -0.15) is 4.39 Å². The van der Waals surface area contributed by atoms with Gasteiger partial charge in [0.05, 0.1) is 15.6 Å². The monoisotopic (exact) mass is 284 g/mol. The van der Waals surface area contributed by atoms with Crippen molar-refractivity contribution < 1.29 is 14.1 Å². The van der Waals surface area contributed by atoms with Crippen molar-refractivity contribution in [3.05, 3.63) is 34.1 Å². The molecule has 102 valence electrons. The van der Waals surface area contributed by atoms with Gasteiger partial charge in [-0.25, -0.2) is 0 Å². The zero-order valence-corrected chi connectivity index (χ0v) is 11.0. The van der Waals surface area contributed by atoms with Gasteiger partial charge in [0.15, 0.2) is 0 Å². The number of nitro benzene ring substituents is 1. The third-order valence-electron chi connectivity index (χ3n) is 2.94. The summed E-state index contributed by atoms with van der Waals surface area (Å²) < 4.78 is 13.4. The third-order valence-corrected chi connectivity index (χ3v) is 3.97. The van der Waals surface area contributed by atoms with Crippen LogP contribution in [-0.2, 0) is 4.79 Å². The second kappa shape index (κ2) is 6.01. The zero-order valence-electron chi connectivity index (χ0n) is 10.2. The highest BCUT2D eigenvalue weighted by Gasteiger charge is 2.23. The molecule has 0 N–H and O–H groups in total. The molecule has 19 heavy (non-hydrogen) atoms. The molecule has 2 rings (SSSR count). The van der Waals surface area contributed by atoms with Crippen molar-refractivity contribution in [3.8, 4) is 0 Å². The van der Waals surface area contributed by atoms with E-state index in [1.165, 1.54) is 12.1 Å². The number of nitrogens with zero attached hydrogens (tertiary/aromatic N) is 2. The van der Waals surface area contributed by atoms with Gasteiger partial charge in [0.1, 0.15) is 0 Å². The lowest BCUT2D eigenvalue weighted by Gasteiger charge is -2.14. The lowest BCUT2D eigenvalue weighted by Crippen LogP contribution is -2.29. The Hall–Kier alpha value is -1.63. The molecule has 1 aliphatic heterocycles. The molecule has 0 radical (unpaired) electrons. The molecule has 7 heteroatoms. The summed E-state index contributed by atoms with van der Waals surface area (Å²) in [5, 5.41) is 10.8. The molecular formula is C12H13FN2O3S. The number of halogens is 1. The molecule has 1 saturated heterocycles. The molecule has 0 bridgehead atoms. The molecule has 0 saturated carbocycles. The van der Waals surface area contributed by atoms with Gasteiger partial charge < -0.3 is 4.90 Å². The summed E-state index contributed by atoms with van der Waals surface area (Å²) in [6.07, 6.45) is 1.99. The molecule has 5 nitrogen and oxygen atoms in total. The molecule has 0 unspecified atom stereocenters. The summed E-state index contributed by atoms with van der Waals surface area (Å²) in [6.45, 7) is 1.48. The quantitative estimate of drug-likeness (QED) is 0.484. The van der Waals surface area contributed by atoms with E-state index >= 15 is 0 Å². The number of likely N-dealkylation sites (tertiary alicyclic amines) is 1. The summed E-state index contributed by atoms with van der Waals surface area (Å²) in [5.41, 5.74) is -0.554. The van der Waals surface area contributed by atoms with Crippen LogP contribution in [0.1, 0.15) is 12.8 Å². The lowest BCUT2D eigenvalue weighted by atomic mass is 10.3. The maximum Gasteiger partial charge on any atom is 0.318 e. The molecule has 1 heterocycles. The third kappa shape index (κ3) is 3.23. The maximum absolute atomic E-state index is 13.4. The predicted molar refractivity (Wildman–Crippen MR) is 69.6 cm³/mol. The number of rotatable bonds is 4. The average Bonchev–Trinajstić information content (AvgIpc) is 2.89. The van der Waals surface area contributed by atoms with Gasteiger partial charge in [-0.15, -0.1) is 11.8 Å². The van der Waals surface area contributed by atoms with Crippen LogP contribution < -0.4 is 0 Å². The Balaban J connectivity index is 2.05. The van der Waals surface area contributed by atoms with Crippen molar-refractivity contribution in [2.45, 2.75) is 17.7 Å². The SMILES string of the molecule is O=C(CSc1cccc(F)c1[N+](=O)[O-])N1CCCC1. The number of carbonyl (C=O) groups is 1. The Kier molecular flexibility index (Phi) is 4.36. The summed E-state index contributed by atoms with van der Waals surface area (Å²) in [4.78, 5) is 23.8. The largest absolute Gasteiger partial charge is 0.342 e. The van der Waals surface area contributed by atoms with E-state index in [2.05, 4.69) is 0 Å². The fraction of sp³-hybridized carbons (Fsp3) is 0.417. The Morgan fingerprint density at radius 3 is 2.74 bits per heavy atom. The molecule has 0 spiro atoms. The van der Waals surface area contributed by atoms with Crippen LogP contribution in [0, 0.1) is 15.9 Å². The fourth-order valence-electron chi connectivity index (χ4n) is 1.99. The maximum atomic E-state index is 13.4. The normalized spacial score (nSPS) is 14.7. The standard InChI is InChI=1S/C12H13FN2O3S/c13-9-4-3-5-10(12(9)15(17)18)19-8-11(16)14-6-1-2-7-14/h3-5H,1-2,6-8H2. The highest BCUT2D eigenvalue weighted by Crippen LogP contribution is 2.31. The summed E-state index contributed by atoms with van der Waals surface area (Å²) >= 11 is 1.01. The minimum Gasteiger partial charge on any atom is -0.342 e. The first-order valence-corrected chi connectivity index (χ1v) is 6.91. The van der Waals surface area contributed by atoms with E-state index in [1.807, 2.05) is 0 Å². The summed E-state index contributed by atoms with van der Waals surface area (Å²) in [7, 11) is 0. The van der Waals surface area contributed by atoms with Crippen LogP contribution in [0.5, 0.6) is 0 Å². The van der Waals surface area contributed by atoms with E-state index < -0.39 is 16.4 Å². The second-order valence-electron chi connectivity index (χ2n) is 4.22. The topological polar surface area (TPSA) is 63.4 Å². The highest BCUT2D eigenvalue weighted by molar-refractivity contribution is 8.00. The number of benzene rings is 1. The van der Waals surface area contributed by atoms with Crippen molar-refractivity contribution in [3.63, 3.8) is 0 Å². The summed E-state index contributed by atoms with van der Waals surface area (Å²) in [6, 6.07) is 3.92. The first-order chi connectivity index (χ1) is 9.09. The van der Waals surface area contributed by atoms with Crippen LogP contribution in [0.2, 0.25) is 0 Å². The van der Waals surface area contributed by atoms with Gasteiger partial charge in [0.25, 0.3) is 0 Å². The Bertz CT molecular complexity index is 504. The number of thioether (sulfide) groups is 1. The van der Waals surface area contributed by atoms with Gasteiger partial charge in [0.2, 0.25) is 11.7 Å². The first kappa shape index (κ1) is 13.8. The van der Waals surface area contributed by atoms with E-state index in [4.69, 9.17) is 0 Å². The molecule has 0 aliphatic carbocycles. The van der Waals surface area contributed by atoms with Crippen LogP contribution >= 0.6 is 11.8 Å². The molecule has 0 aromatic heterocycles. The molecule has 1 fully saturated rings. The molecule has 1 aromatic rings. The number of hydrogen-bond donors (Lipinski definition) is 0. The molecule has 0 atom stereocenters. The van der Waals surface area contributed by atoms with E-state index in [0.29, 0.717) is 0 Å². The van der Waals surface area contributed by atoms with E-state index in [0.717, 1.165) is 43.8 Å². The summed E-state index contributed by atoms with van der Waals surface area (Å²) in [5.74, 6) is -0.825. The van der Waals surface area contributed by atoms with Crippen LogP contribution in [0.3, 0.4) is 0 Å². The average molecular weight is 284 g/mol. The second-order valence-corrected chi connectivity index (χ2v) is 5.24. The number of nitro groups is 1. The number of hydrogen-bond acceptors (Lipinski definition) is 4. The van der Waals surface area contributed by atoms with Crippen molar-refractivity contribution in [2.75, 3.05) is 18.8 Å². The minimum absolute atomic E-state index is 0.0546. The van der Waals surface area contributed by atoms with Gasteiger partial charge in [0, 0.05) is 13.1 Å². The zero-order chi connectivity index (χ0) is 13.8. The Morgan fingerprint density at radius 1 is 1.42 bits per heavy atom. The van der Waals surface area contributed by atoms with Crippen LogP contribution in [-0.4, -0.2) is 34.6 Å². The first-order valence-electron chi connectivity index (χ1n) is 5.93. The lowest BCUT2D eigenvalue weighted by molar-refractivity contribution is -0.390. The Labute approximate surface area is 113 Å². The number of para-hydroxylation sites is 1. The molecule has 1 aliphatic rings. The van der Waals surface area contributed by atoms with Gasteiger partial charge in [-0.3, -0.25) is 14.9 Å².